The summed E-state index contributed by atoms with van der Waals surface area (Å²) in [7, 11) is 1.56. The molecular formula is C26H53NO7P+. The van der Waals surface area contributed by atoms with E-state index in [-0.39, 0.29) is 19.2 Å². The molecule has 0 saturated carbocycles. The number of phosphoric acid groups is 1. The molecule has 0 saturated heterocycles. The normalized spacial score (nSPS) is 14.8. The molecule has 0 bridgehead atoms. The number of quaternary nitrogens is 1. The number of allylic oxidation sites excluding steroid dienone is 2. The predicted octanol–water partition coefficient (Wildman–Crippen LogP) is 5.77. The van der Waals surface area contributed by atoms with Crippen LogP contribution in [0.4, 0.5) is 0 Å². The lowest BCUT2D eigenvalue weighted by molar-refractivity contribution is -0.870. The van der Waals surface area contributed by atoms with Crippen LogP contribution in [0.5, 0.6) is 0 Å². The van der Waals surface area contributed by atoms with Gasteiger partial charge in [0, 0.05) is 6.42 Å². The molecule has 1 unspecified atom stereocenters. The molecule has 0 aromatic rings. The lowest BCUT2D eigenvalue weighted by Gasteiger charge is -2.24. The van der Waals surface area contributed by atoms with Crippen LogP contribution in [-0.4, -0.2) is 74.1 Å². The van der Waals surface area contributed by atoms with Crippen molar-refractivity contribution < 1.29 is 37.6 Å². The minimum atomic E-state index is -4.24. The predicted molar refractivity (Wildman–Crippen MR) is 141 cm³/mol. The second-order valence-electron chi connectivity index (χ2n) is 10.3. The zero-order valence-corrected chi connectivity index (χ0v) is 23.7. The Morgan fingerprint density at radius 3 is 1.97 bits per heavy atom. The summed E-state index contributed by atoms with van der Waals surface area (Å²) in [6, 6.07) is 0. The highest BCUT2D eigenvalue weighted by molar-refractivity contribution is 7.47. The Balaban J connectivity index is 3.59. The molecule has 2 atom stereocenters. The number of hydrogen-bond donors (Lipinski definition) is 2. The van der Waals surface area contributed by atoms with Gasteiger partial charge >= 0.3 is 13.8 Å². The lowest BCUT2D eigenvalue weighted by atomic mass is 10.1. The molecule has 9 heteroatoms. The Morgan fingerprint density at radius 2 is 1.40 bits per heavy atom. The standard InChI is InChI=1S/C26H52NO7P/c1-5-6-7-8-9-10-11-12-13-14-15-16-17-18-19-20-26(29)32-23-25(28)24-34-35(30,31)33-22-21-27(2,3)4/h12-13,25,28H,5-11,14-24H2,1-4H3/p+1/b13-12+/t25-/m1/s1. The van der Waals surface area contributed by atoms with Crippen molar-refractivity contribution in [3.8, 4) is 0 Å². The van der Waals surface area contributed by atoms with Gasteiger partial charge in [-0.3, -0.25) is 13.8 Å². The number of phosphoric ester groups is 1. The van der Waals surface area contributed by atoms with Crippen molar-refractivity contribution in [2.45, 2.75) is 103 Å². The topological polar surface area (TPSA) is 102 Å². The summed E-state index contributed by atoms with van der Waals surface area (Å²) in [5, 5.41) is 9.82. The molecule has 0 aromatic carbocycles. The highest BCUT2D eigenvalue weighted by Crippen LogP contribution is 2.43. The van der Waals surface area contributed by atoms with E-state index in [0.29, 0.717) is 17.4 Å². The van der Waals surface area contributed by atoms with Crippen LogP contribution in [0.1, 0.15) is 96.8 Å². The van der Waals surface area contributed by atoms with E-state index >= 15 is 0 Å². The first-order chi connectivity index (χ1) is 16.6. The molecule has 0 heterocycles. The summed E-state index contributed by atoms with van der Waals surface area (Å²) in [6.45, 7) is 2.11. The molecule has 0 aliphatic heterocycles. The van der Waals surface area contributed by atoms with Crippen LogP contribution in [0.2, 0.25) is 0 Å². The number of ether oxygens (including phenoxy) is 1. The molecule has 0 spiro atoms. The van der Waals surface area contributed by atoms with Crippen molar-refractivity contribution in [2.24, 2.45) is 0 Å². The molecule has 0 amide bonds. The number of aliphatic hydroxyl groups is 1. The van der Waals surface area contributed by atoms with Gasteiger partial charge in [0.05, 0.1) is 27.7 Å². The molecule has 0 aliphatic carbocycles. The fourth-order valence-corrected chi connectivity index (χ4v) is 4.04. The Morgan fingerprint density at radius 1 is 0.857 bits per heavy atom. The van der Waals surface area contributed by atoms with E-state index in [0.717, 1.165) is 32.1 Å². The van der Waals surface area contributed by atoms with Crippen molar-refractivity contribution in [1.82, 2.24) is 0 Å². The van der Waals surface area contributed by atoms with Gasteiger partial charge in [-0.2, -0.15) is 0 Å². The molecule has 35 heavy (non-hydrogen) atoms. The van der Waals surface area contributed by atoms with Gasteiger partial charge in [-0.25, -0.2) is 4.57 Å². The maximum Gasteiger partial charge on any atom is 0.472 e. The monoisotopic (exact) mass is 522 g/mol. The van der Waals surface area contributed by atoms with Gasteiger partial charge in [0.2, 0.25) is 0 Å². The summed E-state index contributed by atoms with van der Waals surface area (Å²) in [4.78, 5) is 21.4. The highest BCUT2D eigenvalue weighted by Gasteiger charge is 2.24. The molecule has 208 valence electrons. The van der Waals surface area contributed by atoms with Gasteiger partial charge in [-0.05, 0) is 32.1 Å². The van der Waals surface area contributed by atoms with E-state index in [2.05, 4.69) is 19.1 Å². The fourth-order valence-electron chi connectivity index (χ4n) is 3.30. The van der Waals surface area contributed by atoms with Crippen LogP contribution in [0.25, 0.3) is 0 Å². The Bertz CT molecular complexity index is 593. The lowest BCUT2D eigenvalue weighted by Crippen LogP contribution is -2.37. The van der Waals surface area contributed by atoms with Crippen molar-refractivity contribution in [3.63, 3.8) is 0 Å². The third-order valence-corrected chi connectivity index (χ3v) is 6.51. The van der Waals surface area contributed by atoms with E-state index in [1.807, 2.05) is 21.1 Å². The number of nitrogens with zero attached hydrogens (tertiary/aromatic N) is 1. The first kappa shape index (κ1) is 34.2. The summed E-state index contributed by atoms with van der Waals surface area (Å²) in [5.74, 6) is -0.381. The smallest absolute Gasteiger partial charge is 0.463 e. The van der Waals surface area contributed by atoms with Crippen LogP contribution >= 0.6 is 7.82 Å². The quantitative estimate of drug-likeness (QED) is 0.0546. The first-order valence-corrected chi connectivity index (χ1v) is 15.0. The number of carbonyl (C=O) groups is 1. The van der Waals surface area contributed by atoms with Crippen LogP contribution in [0.3, 0.4) is 0 Å². The molecule has 0 rings (SSSR count). The van der Waals surface area contributed by atoms with E-state index in [1.165, 1.54) is 51.4 Å². The fraction of sp³-hybridized carbons (Fsp3) is 0.885. The largest absolute Gasteiger partial charge is 0.472 e. The van der Waals surface area contributed by atoms with Crippen molar-refractivity contribution >= 4 is 13.8 Å². The number of rotatable bonds is 24. The summed E-state index contributed by atoms with van der Waals surface area (Å²) < 4.78 is 27.0. The maximum atomic E-state index is 11.8. The number of hydrogen-bond acceptors (Lipinski definition) is 6. The van der Waals surface area contributed by atoms with E-state index in [4.69, 9.17) is 13.8 Å². The molecular weight excluding hydrogens is 469 g/mol. The molecule has 0 aliphatic rings. The van der Waals surface area contributed by atoms with E-state index in [1.54, 1.807) is 0 Å². The van der Waals surface area contributed by atoms with Crippen molar-refractivity contribution in [2.75, 3.05) is 47.5 Å². The Labute approximate surface area is 214 Å². The third-order valence-electron chi connectivity index (χ3n) is 5.53. The van der Waals surface area contributed by atoms with Crippen LogP contribution in [-0.2, 0) is 23.1 Å². The van der Waals surface area contributed by atoms with Crippen LogP contribution in [0, 0.1) is 0 Å². The zero-order valence-electron chi connectivity index (χ0n) is 22.8. The van der Waals surface area contributed by atoms with Crippen molar-refractivity contribution in [1.29, 1.82) is 0 Å². The third kappa shape index (κ3) is 26.1. The maximum absolute atomic E-state index is 11.8. The molecule has 0 radical (unpaired) electrons. The minimum absolute atomic E-state index is 0.0539. The second-order valence-corrected chi connectivity index (χ2v) is 11.7. The van der Waals surface area contributed by atoms with Gasteiger partial charge < -0.3 is 19.2 Å². The van der Waals surface area contributed by atoms with Gasteiger partial charge in [0.15, 0.2) is 0 Å². The molecule has 8 nitrogen and oxygen atoms in total. The Kier molecular flexibility index (Phi) is 20.9. The SMILES string of the molecule is CCCCCCCC/C=C/CCCCCCCC(=O)OC[C@@H](O)COP(=O)(O)OCC[N+](C)(C)C. The number of aliphatic hydroxyl groups excluding tert-OH is 1. The molecule has 0 fully saturated rings. The number of likely N-dealkylation sites (N-methyl/N-ethyl adjacent to an activating group) is 1. The highest BCUT2D eigenvalue weighted by atomic mass is 31.2. The number of carbonyl (C=O) groups excluding carboxylic acids is 1. The van der Waals surface area contributed by atoms with E-state index in [9.17, 15) is 19.4 Å². The average Bonchev–Trinajstić information content (AvgIpc) is 2.78. The number of unbranched alkanes of at least 4 members (excludes halogenated alkanes) is 11. The Hall–Kier alpha value is -0.760. The summed E-state index contributed by atoms with van der Waals surface area (Å²) in [5.41, 5.74) is 0. The van der Waals surface area contributed by atoms with E-state index < -0.39 is 20.5 Å². The van der Waals surface area contributed by atoms with Gasteiger partial charge in [0.1, 0.15) is 25.9 Å². The summed E-state index contributed by atoms with van der Waals surface area (Å²) in [6.07, 6.45) is 19.2. The van der Waals surface area contributed by atoms with Gasteiger partial charge in [0.25, 0.3) is 0 Å². The average molecular weight is 523 g/mol. The molecule has 2 N–H and O–H groups in total. The first-order valence-electron chi connectivity index (χ1n) is 13.5. The number of esters is 1. The van der Waals surface area contributed by atoms with Crippen molar-refractivity contribution in [3.05, 3.63) is 12.2 Å². The van der Waals surface area contributed by atoms with Gasteiger partial charge in [-0.1, -0.05) is 70.4 Å². The zero-order chi connectivity index (χ0) is 26.4. The second kappa shape index (κ2) is 21.3. The minimum Gasteiger partial charge on any atom is -0.463 e. The molecule has 0 aromatic heterocycles. The van der Waals surface area contributed by atoms with Crippen LogP contribution < -0.4 is 0 Å². The van der Waals surface area contributed by atoms with Gasteiger partial charge in [-0.15, -0.1) is 0 Å². The van der Waals surface area contributed by atoms with Crippen LogP contribution in [0.15, 0.2) is 12.2 Å². The summed E-state index contributed by atoms with van der Waals surface area (Å²) >= 11 is 0.